The quantitative estimate of drug-likeness (QED) is 0.934. The summed E-state index contributed by atoms with van der Waals surface area (Å²) in [6, 6.07) is 7.51. The number of nitrogens with one attached hydrogen (secondary N) is 1. The van der Waals surface area contributed by atoms with Crippen molar-refractivity contribution in [1.82, 2.24) is 15.5 Å². The molecule has 1 atom stereocenters. The van der Waals surface area contributed by atoms with E-state index in [2.05, 4.69) is 15.5 Å². The molecule has 2 amide bonds. The minimum Gasteiger partial charge on any atom is -0.381 e. The molecule has 0 radical (unpaired) electrons. The van der Waals surface area contributed by atoms with Crippen LogP contribution in [0.15, 0.2) is 28.8 Å². The van der Waals surface area contributed by atoms with Crippen molar-refractivity contribution in [3.05, 3.63) is 30.1 Å². The van der Waals surface area contributed by atoms with Crippen molar-refractivity contribution >= 4 is 11.7 Å². The number of carbonyl (C=O) groups is 1. The first-order valence-corrected chi connectivity index (χ1v) is 7.38. The first-order valence-electron chi connectivity index (χ1n) is 7.38. The summed E-state index contributed by atoms with van der Waals surface area (Å²) in [7, 11) is 0. The van der Waals surface area contributed by atoms with E-state index in [1.54, 1.807) is 4.90 Å². The van der Waals surface area contributed by atoms with E-state index in [-0.39, 0.29) is 11.9 Å². The van der Waals surface area contributed by atoms with Crippen molar-refractivity contribution in [3.63, 3.8) is 0 Å². The van der Waals surface area contributed by atoms with Crippen LogP contribution in [-0.4, -0.2) is 42.5 Å². The lowest BCUT2D eigenvalue weighted by atomic mass is 10.1. The van der Waals surface area contributed by atoms with Crippen molar-refractivity contribution in [2.45, 2.75) is 12.3 Å². The maximum atomic E-state index is 11.8. The third-order valence-electron chi connectivity index (χ3n) is 4.00. The maximum absolute atomic E-state index is 11.8. The SMILES string of the molecule is O=C1NCCN1c1cccc(-c2nc(C3CCOC3)no2)c1. The Labute approximate surface area is 127 Å². The van der Waals surface area contributed by atoms with E-state index in [0.717, 1.165) is 24.3 Å². The monoisotopic (exact) mass is 300 g/mol. The predicted molar refractivity (Wildman–Crippen MR) is 78.7 cm³/mol. The van der Waals surface area contributed by atoms with Crippen LogP contribution in [0.5, 0.6) is 0 Å². The van der Waals surface area contributed by atoms with Gasteiger partial charge in [0.15, 0.2) is 5.82 Å². The molecule has 114 valence electrons. The number of rotatable bonds is 3. The van der Waals surface area contributed by atoms with Gasteiger partial charge in [-0.15, -0.1) is 0 Å². The van der Waals surface area contributed by atoms with Gasteiger partial charge < -0.3 is 14.6 Å². The highest BCUT2D eigenvalue weighted by molar-refractivity contribution is 5.94. The molecule has 0 spiro atoms. The number of amides is 2. The summed E-state index contributed by atoms with van der Waals surface area (Å²) >= 11 is 0. The molecule has 1 unspecified atom stereocenters. The molecular formula is C15H16N4O3. The second-order valence-corrected chi connectivity index (χ2v) is 5.45. The highest BCUT2D eigenvalue weighted by atomic mass is 16.5. The zero-order valence-electron chi connectivity index (χ0n) is 12.0. The fourth-order valence-corrected chi connectivity index (χ4v) is 2.78. The van der Waals surface area contributed by atoms with Gasteiger partial charge in [0.25, 0.3) is 5.89 Å². The summed E-state index contributed by atoms with van der Waals surface area (Å²) in [5, 5.41) is 6.85. The normalized spacial score (nSPS) is 21.4. The molecule has 1 N–H and O–H groups in total. The van der Waals surface area contributed by atoms with Gasteiger partial charge in [-0.25, -0.2) is 4.79 Å². The lowest BCUT2D eigenvalue weighted by molar-refractivity contribution is 0.192. The van der Waals surface area contributed by atoms with Gasteiger partial charge in [-0.05, 0) is 24.6 Å². The molecule has 4 rings (SSSR count). The Hall–Kier alpha value is -2.41. The summed E-state index contributed by atoms with van der Waals surface area (Å²) in [5.41, 5.74) is 1.64. The Morgan fingerprint density at radius 1 is 1.36 bits per heavy atom. The minimum atomic E-state index is -0.0773. The molecule has 3 heterocycles. The van der Waals surface area contributed by atoms with Gasteiger partial charge in [0, 0.05) is 36.9 Å². The third-order valence-corrected chi connectivity index (χ3v) is 4.00. The van der Waals surface area contributed by atoms with Crippen LogP contribution in [0.2, 0.25) is 0 Å². The van der Waals surface area contributed by atoms with Crippen LogP contribution in [0.4, 0.5) is 10.5 Å². The first-order chi connectivity index (χ1) is 10.8. The molecule has 0 saturated carbocycles. The van der Waals surface area contributed by atoms with E-state index in [0.29, 0.717) is 31.4 Å². The molecule has 1 aromatic heterocycles. The van der Waals surface area contributed by atoms with Crippen LogP contribution in [0, 0.1) is 0 Å². The Morgan fingerprint density at radius 2 is 2.32 bits per heavy atom. The molecule has 22 heavy (non-hydrogen) atoms. The number of hydrogen-bond donors (Lipinski definition) is 1. The van der Waals surface area contributed by atoms with Crippen LogP contribution in [0.1, 0.15) is 18.2 Å². The van der Waals surface area contributed by atoms with E-state index in [4.69, 9.17) is 9.26 Å². The van der Waals surface area contributed by atoms with E-state index in [1.165, 1.54) is 0 Å². The lowest BCUT2D eigenvalue weighted by Crippen LogP contribution is -2.27. The Morgan fingerprint density at radius 3 is 3.09 bits per heavy atom. The number of nitrogens with zero attached hydrogens (tertiary/aromatic N) is 3. The largest absolute Gasteiger partial charge is 0.381 e. The fourth-order valence-electron chi connectivity index (χ4n) is 2.78. The zero-order valence-corrected chi connectivity index (χ0v) is 12.0. The summed E-state index contributed by atoms with van der Waals surface area (Å²) in [5.74, 6) is 1.38. The number of carbonyl (C=O) groups excluding carboxylic acids is 1. The average Bonchev–Trinajstić information content (AvgIpc) is 3.28. The van der Waals surface area contributed by atoms with Crippen LogP contribution in [0.3, 0.4) is 0 Å². The number of ether oxygens (including phenoxy) is 1. The molecule has 2 fully saturated rings. The lowest BCUT2D eigenvalue weighted by Gasteiger charge is -2.14. The second kappa shape index (κ2) is 5.42. The molecular weight excluding hydrogens is 284 g/mol. The molecule has 2 aliphatic heterocycles. The first kappa shape index (κ1) is 13.3. The van der Waals surface area contributed by atoms with Crippen molar-refractivity contribution < 1.29 is 14.1 Å². The van der Waals surface area contributed by atoms with Gasteiger partial charge >= 0.3 is 6.03 Å². The second-order valence-electron chi connectivity index (χ2n) is 5.45. The minimum absolute atomic E-state index is 0.0773. The van der Waals surface area contributed by atoms with Crippen molar-refractivity contribution in [1.29, 1.82) is 0 Å². The molecule has 2 aromatic rings. The highest BCUT2D eigenvalue weighted by Gasteiger charge is 2.24. The Bertz CT molecular complexity index is 694. The number of aromatic nitrogens is 2. The Balaban J connectivity index is 1.61. The summed E-state index contributed by atoms with van der Waals surface area (Å²) in [4.78, 5) is 17.9. The maximum Gasteiger partial charge on any atom is 0.321 e. The van der Waals surface area contributed by atoms with Crippen LogP contribution in [0.25, 0.3) is 11.5 Å². The molecule has 7 nitrogen and oxygen atoms in total. The van der Waals surface area contributed by atoms with E-state index in [1.807, 2.05) is 24.3 Å². The molecule has 7 heteroatoms. The molecule has 2 aliphatic rings. The summed E-state index contributed by atoms with van der Waals surface area (Å²) in [6.45, 7) is 2.72. The van der Waals surface area contributed by atoms with Crippen molar-refractivity contribution in [2.24, 2.45) is 0 Å². The number of hydrogen-bond acceptors (Lipinski definition) is 5. The average molecular weight is 300 g/mol. The molecule has 1 aromatic carbocycles. The van der Waals surface area contributed by atoms with Gasteiger partial charge in [-0.1, -0.05) is 11.2 Å². The van der Waals surface area contributed by atoms with Gasteiger partial charge in [-0.2, -0.15) is 4.98 Å². The number of anilines is 1. The smallest absolute Gasteiger partial charge is 0.321 e. The van der Waals surface area contributed by atoms with Crippen LogP contribution >= 0.6 is 0 Å². The van der Waals surface area contributed by atoms with Crippen LogP contribution in [-0.2, 0) is 4.74 Å². The molecule has 0 aliphatic carbocycles. The standard InChI is InChI=1S/C15H16N4O3/c20-15-16-5-6-19(15)12-3-1-2-10(8-12)14-17-13(18-22-14)11-4-7-21-9-11/h1-3,8,11H,4-7,9H2,(H,16,20). The summed E-state index contributed by atoms with van der Waals surface area (Å²) < 4.78 is 10.7. The van der Waals surface area contributed by atoms with Gasteiger partial charge in [0.1, 0.15) is 0 Å². The van der Waals surface area contributed by atoms with Crippen LogP contribution < -0.4 is 10.2 Å². The fraction of sp³-hybridized carbons (Fsp3) is 0.400. The van der Waals surface area contributed by atoms with Crippen molar-refractivity contribution in [3.8, 4) is 11.5 Å². The van der Waals surface area contributed by atoms with Gasteiger partial charge in [0.2, 0.25) is 0 Å². The number of urea groups is 1. The van der Waals surface area contributed by atoms with E-state index in [9.17, 15) is 4.79 Å². The predicted octanol–water partition coefficient (Wildman–Crippen LogP) is 1.77. The Kier molecular flexibility index (Phi) is 3.27. The van der Waals surface area contributed by atoms with Gasteiger partial charge in [-0.3, -0.25) is 4.90 Å². The molecule has 0 bridgehead atoms. The molecule has 2 saturated heterocycles. The third kappa shape index (κ3) is 2.33. The number of benzene rings is 1. The van der Waals surface area contributed by atoms with Crippen molar-refractivity contribution in [2.75, 3.05) is 31.2 Å². The van der Waals surface area contributed by atoms with E-state index >= 15 is 0 Å². The van der Waals surface area contributed by atoms with E-state index < -0.39 is 0 Å². The zero-order chi connectivity index (χ0) is 14.9. The topological polar surface area (TPSA) is 80.5 Å². The summed E-state index contributed by atoms with van der Waals surface area (Å²) in [6.07, 6.45) is 0.924. The highest BCUT2D eigenvalue weighted by Crippen LogP contribution is 2.28. The van der Waals surface area contributed by atoms with Gasteiger partial charge in [0.05, 0.1) is 6.61 Å².